The Morgan fingerprint density at radius 1 is 1.32 bits per heavy atom. The van der Waals surface area contributed by atoms with Gasteiger partial charge in [0.1, 0.15) is 5.82 Å². The Hall–Kier alpha value is -2.14. The minimum atomic E-state index is -0.511. The summed E-state index contributed by atoms with van der Waals surface area (Å²) in [6, 6.07) is 8.89. The monoisotopic (exact) mass is 280 g/mol. The summed E-state index contributed by atoms with van der Waals surface area (Å²) in [5.74, 6) is -0.511. The molecule has 2 aromatic carbocycles. The van der Waals surface area contributed by atoms with Crippen LogP contribution in [0, 0.1) is 22.9 Å². The summed E-state index contributed by atoms with van der Waals surface area (Å²) in [4.78, 5) is 10.4. The lowest BCUT2D eigenvalue weighted by molar-refractivity contribution is -0.385. The van der Waals surface area contributed by atoms with Gasteiger partial charge in [0.2, 0.25) is 0 Å². The average Bonchev–Trinajstić information content (AvgIpc) is 2.36. The molecule has 19 heavy (non-hydrogen) atoms. The first-order valence-corrected chi connectivity index (χ1v) is 5.83. The Kier molecular flexibility index (Phi) is 3.66. The number of anilines is 2. The summed E-state index contributed by atoms with van der Waals surface area (Å²) in [6.07, 6.45) is 0. The summed E-state index contributed by atoms with van der Waals surface area (Å²) in [5.41, 5.74) is 1.68. The van der Waals surface area contributed by atoms with Crippen LogP contribution in [0.4, 0.5) is 21.5 Å². The van der Waals surface area contributed by atoms with Crippen molar-refractivity contribution >= 4 is 28.7 Å². The molecule has 0 aliphatic rings. The zero-order valence-corrected chi connectivity index (χ0v) is 10.7. The van der Waals surface area contributed by atoms with Crippen LogP contribution in [0.3, 0.4) is 0 Å². The van der Waals surface area contributed by atoms with Crippen LogP contribution in [-0.4, -0.2) is 4.92 Å². The zero-order chi connectivity index (χ0) is 14.0. The zero-order valence-electron chi connectivity index (χ0n) is 9.98. The van der Waals surface area contributed by atoms with Crippen LogP contribution in [-0.2, 0) is 0 Å². The van der Waals surface area contributed by atoms with Crippen molar-refractivity contribution in [2.75, 3.05) is 5.32 Å². The Bertz CT molecular complexity index is 647. The molecule has 0 fully saturated rings. The highest BCUT2D eigenvalue weighted by Gasteiger charge is 2.13. The van der Waals surface area contributed by atoms with Crippen molar-refractivity contribution in [3.8, 4) is 0 Å². The van der Waals surface area contributed by atoms with Crippen molar-refractivity contribution < 1.29 is 9.31 Å². The highest BCUT2D eigenvalue weighted by atomic mass is 35.5. The maximum Gasteiger partial charge on any atom is 0.274 e. The van der Waals surface area contributed by atoms with E-state index in [1.807, 2.05) is 0 Å². The summed E-state index contributed by atoms with van der Waals surface area (Å²) < 4.78 is 13.0. The van der Waals surface area contributed by atoms with Crippen molar-refractivity contribution in [2.45, 2.75) is 6.92 Å². The molecule has 98 valence electrons. The van der Waals surface area contributed by atoms with Crippen molar-refractivity contribution in [1.29, 1.82) is 0 Å². The Morgan fingerprint density at radius 3 is 2.68 bits per heavy atom. The first kappa shape index (κ1) is 13.3. The van der Waals surface area contributed by atoms with Crippen LogP contribution in [0.2, 0.25) is 5.02 Å². The van der Waals surface area contributed by atoms with Gasteiger partial charge in [0.15, 0.2) is 0 Å². The Balaban J connectivity index is 2.35. The van der Waals surface area contributed by atoms with Crippen LogP contribution < -0.4 is 5.32 Å². The van der Waals surface area contributed by atoms with Gasteiger partial charge in [-0.3, -0.25) is 10.1 Å². The predicted octanol–water partition coefficient (Wildman–Crippen LogP) is 4.44. The second-order valence-corrected chi connectivity index (χ2v) is 4.37. The van der Waals surface area contributed by atoms with Gasteiger partial charge in [0.05, 0.1) is 15.5 Å². The lowest BCUT2D eigenvalue weighted by Crippen LogP contribution is -1.97. The minimum Gasteiger partial charge on any atom is -0.355 e. The lowest BCUT2D eigenvalue weighted by atomic mass is 10.1. The number of halogens is 2. The van der Waals surface area contributed by atoms with Crippen molar-refractivity contribution in [3.05, 3.63) is 62.9 Å². The third kappa shape index (κ3) is 2.82. The number of nitrogens with one attached hydrogen (secondary N) is 1. The van der Waals surface area contributed by atoms with Crippen molar-refractivity contribution in [1.82, 2.24) is 0 Å². The highest BCUT2D eigenvalue weighted by molar-refractivity contribution is 6.31. The SMILES string of the molecule is Cc1c(Nc2ccc(F)c(Cl)c2)cccc1[N+](=O)[O-]. The Labute approximate surface area is 114 Å². The van der Waals surface area contributed by atoms with E-state index in [2.05, 4.69) is 5.32 Å². The van der Waals surface area contributed by atoms with E-state index in [1.165, 1.54) is 24.3 Å². The number of nitro benzene ring substituents is 1. The van der Waals surface area contributed by atoms with E-state index in [0.29, 0.717) is 16.9 Å². The molecule has 1 N–H and O–H groups in total. The van der Waals surface area contributed by atoms with Gasteiger partial charge in [0, 0.05) is 17.4 Å². The molecule has 0 heterocycles. The molecular formula is C13H10ClFN2O2. The summed E-state index contributed by atoms with van der Waals surface area (Å²) in [5, 5.41) is 13.8. The van der Waals surface area contributed by atoms with Crippen LogP contribution in [0.25, 0.3) is 0 Å². The fourth-order valence-electron chi connectivity index (χ4n) is 1.69. The van der Waals surface area contributed by atoms with Crippen LogP contribution in [0.15, 0.2) is 36.4 Å². The quantitative estimate of drug-likeness (QED) is 0.668. The van der Waals surface area contributed by atoms with Crippen LogP contribution in [0.1, 0.15) is 5.56 Å². The van der Waals surface area contributed by atoms with E-state index >= 15 is 0 Å². The molecule has 0 aliphatic carbocycles. The van der Waals surface area contributed by atoms with Gasteiger partial charge in [-0.15, -0.1) is 0 Å². The van der Waals surface area contributed by atoms with Crippen molar-refractivity contribution in [3.63, 3.8) is 0 Å². The van der Waals surface area contributed by atoms with Gasteiger partial charge >= 0.3 is 0 Å². The van der Waals surface area contributed by atoms with Crippen LogP contribution in [0.5, 0.6) is 0 Å². The molecule has 4 nitrogen and oxygen atoms in total. The van der Waals surface area contributed by atoms with E-state index in [4.69, 9.17) is 11.6 Å². The summed E-state index contributed by atoms with van der Waals surface area (Å²) in [6.45, 7) is 1.64. The molecule has 2 rings (SSSR count). The normalized spacial score (nSPS) is 10.3. The number of hydrogen-bond acceptors (Lipinski definition) is 3. The number of hydrogen-bond donors (Lipinski definition) is 1. The van der Waals surface area contributed by atoms with E-state index in [-0.39, 0.29) is 10.7 Å². The molecule has 0 saturated heterocycles. The summed E-state index contributed by atoms with van der Waals surface area (Å²) >= 11 is 5.68. The van der Waals surface area contributed by atoms with Gasteiger partial charge in [-0.1, -0.05) is 17.7 Å². The molecule has 0 aliphatic heterocycles. The molecule has 0 aromatic heterocycles. The molecule has 0 saturated carbocycles. The molecule has 0 amide bonds. The minimum absolute atomic E-state index is 0.00640. The molecule has 0 spiro atoms. The van der Waals surface area contributed by atoms with E-state index in [1.54, 1.807) is 19.1 Å². The predicted molar refractivity (Wildman–Crippen MR) is 72.5 cm³/mol. The lowest BCUT2D eigenvalue weighted by Gasteiger charge is -2.10. The second kappa shape index (κ2) is 5.24. The number of nitrogens with zero attached hydrogens (tertiary/aromatic N) is 1. The summed E-state index contributed by atoms with van der Waals surface area (Å²) in [7, 11) is 0. The van der Waals surface area contributed by atoms with Gasteiger partial charge in [-0.05, 0) is 31.2 Å². The highest BCUT2D eigenvalue weighted by Crippen LogP contribution is 2.29. The molecule has 0 bridgehead atoms. The molecule has 0 radical (unpaired) electrons. The maximum atomic E-state index is 13.0. The number of benzene rings is 2. The fraction of sp³-hybridized carbons (Fsp3) is 0.0769. The van der Waals surface area contributed by atoms with E-state index in [9.17, 15) is 14.5 Å². The van der Waals surface area contributed by atoms with Gasteiger partial charge in [-0.25, -0.2) is 4.39 Å². The third-order valence-corrected chi connectivity index (χ3v) is 2.99. The fourth-order valence-corrected chi connectivity index (χ4v) is 1.87. The number of nitro groups is 1. The maximum absolute atomic E-state index is 13.0. The van der Waals surface area contributed by atoms with Gasteiger partial charge in [-0.2, -0.15) is 0 Å². The largest absolute Gasteiger partial charge is 0.355 e. The van der Waals surface area contributed by atoms with Gasteiger partial charge in [0.25, 0.3) is 5.69 Å². The molecular weight excluding hydrogens is 271 g/mol. The van der Waals surface area contributed by atoms with E-state index < -0.39 is 10.7 Å². The topological polar surface area (TPSA) is 55.2 Å². The first-order chi connectivity index (χ1) is 8.99. The average molecular weight is 281 g/mol. The standard InChI is InChI=1S/C13H10ClFN2O2/c1-8-12(3-2-4-13(8)17(18)19)16-9-5-6-11(15)10(14)7-9/h2-7,16H,1H3. The first-order valence-electron chi connectivity index (χ1n) is 5.45. The van der Waals surface area contributed by atoms with E-state index in [0.717, 1.165) is 0 Å². The second-order valence-electron chi connectivity index (χ2n) is 3.96. The Morgan fingerprint density at radius 2 is 2.05 bits per heavy atom. The molecule has 2 aromatic rings. The molecule has 6 heteroatoms. The van der Waals surface area contributed by atoms with Crippen molar-refractivity contribution in [2.24, 2.45) is 0 Å². The van der Waals surface area contributed by atoms with Crippen LogP contribution >= 0.6 is 11.6 Å². The van der Waals surface area contributed by atoms with Gasteiger partial charge < -0.3 is 5.32 Å². The smallest absolute Gasteiger partial charge is 0.274 e. The number of rotatable bonds is 3. The molecule has 0 atom stereocenters. The third-order valence-electron chi connectivity index (χ3n) is 2.70. The molecule has 0 unspecified atom stereocenters.